The predicted molar refractivity (Wildman–Crippen MR) is 112 cm³/mol. The molecule has 1 unspecified atom stereocenters. The predicted octanol–water partition coefficient (Wildman–Crippen LogP) is 2.82. The topological polar surface area (TPSA) is 76.7 Å². The molecule has 1 aromatic carbocycles. The number of benzene rings is 1. The van der Waals surface area contributed by atoms with E-state index in [-0.39, 0.29) is 11.9 Å². The summed E-state index contributed by atoms with van der Waals surface area (Å²) in [5.41, 5.74) is 1.28. The molecule has 0 spiro atoms. The van der Waals surface area contributed by atoms with Crippen LogP contribution in [0.2, 0.25) is 0 Å². The summed E-state index contributed by atoms with van der Waals surface area (Å²) in [6.07, 6.45) is 0. The molecule has 0 aliphatic rings. The fraction of sp³-hybridized carbons (Fsp3) is 0.600. The summed E-state index contributed by atoms with van der Waals surface area (Å²) in [6, 6.07) is 10.1. The Morgan fingerprint density at radius 3 is 2.41 bits per heavy atom. The maximum Gasteiger partial charge on any atom is 0.293 e. The van der Waals surface area contributed by atoms with Crippen molar-refractivity contribution >= 4 is 24.1 Å². The molecule has 0 saturated heterocycles. The molecule has 0 saturated carbocycles. The minimum Gasteiger partial charge on any atom is -0.468 e. The standard InChI is InChI=1S/C17H28N2O2S.C3H6O2/c1-4-21-13-19-16(17(20)18-10-14(2)3)12-22-11-15-8-6-5-7-9-15;1-2-5-3-4/h5-9,14,16,19H,4,10-13H2,1-3H3,(H,18,20);3H,2H2,1H3. The van der Waals surface area contributed by atoms with Crippen LogP contribution in [0.15, 0.2) is 30.3 Å². The van der Waals surface area contributed by atoms with Crippen molar-refractivity contribution in [1.82, 2.24) is 10.6 Å². The van der Waals surface area contributed by atoms with Crippen molar-refractivity contribution in [3.8, 4) is 0 Å². The van der Waals surface area contributed by atoms with Gasteiger partial charge in [0, 0.05) is 24.7 Å². The molecule has 0 fully saturated rings. The van der Waals surface area contributed by atoms with E-state index in [1.807, 2.05) is 25.1 Å². The van der Waals surface area contributed by atoms with Gasteiger partial charge < -0.3 is 14.8 Å². The van der Waals surface area contributed by atoms with Crippen molar-refractivity contribution in [2.24, 2.45) is 5.92 Å². The highest BCUT2D eigenvalue weighted by atomic mass is 32.2. The van der Waals surface area contributed by atoms with E-state index in [2.05, 4.69) is 41.4 Å². The Labute approximate surface area is 167 Å². The van der Waals surface area contributed by atoms with Gasteiger partial charge in [-0.2, -0.15) is 11.8 Å². The van der Waals surface area contributed by atoms with Gasteiger partial charge in [-0.15, -0.1) is 0 Å². The highest BCUT2D eigenvalue weighted by Gasteiger charge is 2.17. The van der Waals surface area contributed by atoms with Gasteiger partial charge in [-0.3, -0.25) is 14.9 Å². The first-order valence-electron chi connectivity index (χ1n) is 9.30. The summed E-state index contributed by atoms with van der Waals surface area (Å²) in [6.45, 7) is 10.5. The summed E-state index contributed by atoms with van der Waals surface area (Å²) in [4.78, 5) is 21.4. The van der Waals surface area contributed by atoms with Crippen LogP contribution < -0.4 is 10.6 Å². The van der Waals surface area contributed by atoms with Gasteiger partial charge in [0.15, 0.2) is 0 Å². The normalized spacial score (nSPS) is 11.3. The molecule has 2 N–H and O–H groups in total. The molecule has 27 heavy (non-hydrogen) atoms. The summed E-state index contributed by atoms with van der Waals surface area (Å²) in [7, 11) is 0. The molecule has 0 bridgehead atoms. The molecule has 0 aromatic heterocycles. The minimum absolute atomic E-state index is 0.0500. The van der Waals surface area contributed by atoms with Gasteiger partial charge in [0.2, 0.25) is 5.91 Å². The maximum atomic E-state index is 12.2. The number of rotatable bonds is 13. The van der Waals surface area contributed by atoms with Crippen molar-refractivity contribution < 1.29 is 19.1 Å². The van der Waals surface area contributed by atoms with Crippen molar-refractivity contribution in [2.75, 3.05) is 32.2 Å². The fourth-order valence-electron chi connectivity index (χ4n) is 1.85. The van der Waals surface area contributed by atoms with E-state index in [9.17, 15) is 9.59 Å². The zero-order valence-electron chi connectivity index (χ0n) is 16.9. The van der Waals surface area contributed by atoms with Gasteiger partial charge in [0.25, 0.3) is 6.47 Å². The van der Waals surface area contributed by atoms with E-state index in [4.69, 9.17) is 4.74 Å². The van der Waals surface area contributed by atoms with Crippen LogP contribution in [-0.2, 0) is 24.8 Å². The molecule has 0 aliphatic carbocycles. The van der Waals surface area contributed by atoms with Gasteiger partial charge in [0.05, 0.1) is 19.4 Å². The van der Waals surface area contributed by atoms with Gasteiger partial charge in [-0.05, 0) is 25.3 Å². The lowest BCUT2D eigenvalue weighted by molar-refractivity contribution is -0.128. The van der Waals surface area contributed by atoms with Gasteiger partial charge in [-0.25, -0.2) is 0 Å². The third-order valence-electron chi connectivity index (χ3n) is 3.27. The number of hydrogen-bond acceptors (Lipinski definition) is 6. The number of amides is 1. The number of carbonyl (C=O) groups is 2. The fourth-order valence-corrected chi connectivity index (χ4v) is 2.90. The zero-order valence-corrected chi connectivity index (χ0v) is 17.7. The molecule has 1 rings (SSSR count). The summed E-state index contributed by atoms with van der Waals surface area (Å²) < 4.78 is 9.46. The second-order valence-electron chi connectivity index (χ2n) is 6.09. The van der Waals surface area contributed by atoms with E-state index < -0.39 is 0 Å². The second kappa shape index (κ2) is 17.8. The average molecular weight is 399 g/mol. The molecule has 7 heteroatoms. The smallest absolute Gasteiger partial charge is 0.293 e. The van der Waals surface area contributed by atoms with E-state index in [1.54, 1.807) is 18.7 Å². The van der Waals surface area contributed by atoms with E-state index in [0.29, 0.717) is 38.9 Å². The summed E-state index contributed by atoms with van der Waals surface area (Å²) in [5, 5.41) is 6.16. The average Bonchev–Trinajstić information content (AvgIpc) is 2.67. The van der Waals surface area contributed by atoms with E-state index >= 15 is 0 Å². The molecular weight excluding hydrogens is 364 g/mol. The van der Waals surface area contributed by atoms with Crippen molar-refractivity contribution in [3.05, 3.63) is 35.9 Å². The Bertz CT molecular complexity index is 486. The molecule has 0 heterocycles. The Morgan fingerprint density at radius 1 is 1.19 bits per heavy atom. The lowest BCUT2D eigenvalue weighted by atomic mass is 10.2. The van der Waals surface area contributed by atoms with Crippen LogP contribution in [-0.4, -0.2) is 50.7 Å². The van der Waals surface area contributed by atoms with Crippen LogP contribution in [0.4, 0.5) is 0 Å². The minimum atomic E-state index is -0.223. The molecule has 1 atom stereocenters. The Kier molecular flexibility index (Phi) is 16.8. The highest BCUT2D eigenvalue weighted by molar-refractivity contribution is 7.98. The second-order valence-corrected chi connectivity index (χ2v) is 7.12. The first kappa shape index (κ1) is 25.4. The number of carbonyl (C=O) groups excluding carboxylic acids is 2. The van der Waals surface area contributed by atoms with E-state index in [1.165, 1.54) is 5.56 Å². The van der Waals surface area contributed by atoms with Crippen LogP contribution in [0.25, 0.3) is 0 Å². The third-order valence-corrected chi connectivity index (χ3v) is 4.37. The summed E-state index contributed by atoms with van der Waals surface area (Å²) >= 11 is 1.76. The molecule has 1 amide bonds. The van der Waals surface area contributed by atoms with Crippen molar-refractivity contribution in [2.45, 2.75) is 39.5 Å². The SMILES string of the molecule is CCOC=O.CCOCNC(CSCc1ccccc1)C(=O)NCC(C)C. The van der Waals surface area contributed by atoms with Gasteiger partial charge in [-0.1, -0.05) is 44.2 Å². The van der Waals surface area contributed by atoms with Crippen LogP contribution in [0.1, 0.15) is 33.3 Å². The van der Waals surface area contributed by atoms with Crippen molar-refractivity contribution in [1.29, 1.82) is 0 Å². The van der Waals surface area contributed by atoms with E-state index in [0.717, 1.165) is 11.5 Å². The number of nitrogens with one attached hydrogen (secondary N) is 2. The number of thioether (sulfide) groups is 1. The highest BCUT2D eigenvalue weighted by Crippen LogP contribution is 2.13. The number of ether oxygens (including phenoxy) is 2. The van der Waals surface area contributed by atoms with Crippen LogP contribution >= 0.6 is 11.8 Å². The van der Waals surface area contributed by atoms with Crippen LogP contribution in [0.5, 0.6) is 0 Å². The Hall–Kier alpha value is -1.57. The van der Waals surface area contributed by atoms with Crippen LogP contribution in [0.3, 0.4) is 0 Å². The number of hydrogen-bond donors (Lipinski definition) is 2. The molecule has 0 aliphatic heterocycles. The summed E-state index contributed by atoms with van der Waals surface area (Å²) in [5.74, 6) is 2.14. The molecular formula is C20H34N2O4S. The quantitative estimate of drug-likeness (QED) is 0.302. The van der Waals surface area contributed by atoms with Crippen LogP contribution in [0, 0.1) is 5.92 Å². The molecule has 1 aromatic rings. The first-order chi connectivity index (χ1) is 13.0. The zero-order chi connectivity index (χ0) is 20.3. The largest absolute Gasteiger partial charge is 0.468 e. The van der Waals surface area contributed by atoms with Crippen molar-refractivity contribution in [3.63, 3.8) is 0 Å². The van der Waals surface area contributed by atoms with Gasteiger partial charge in [0.1, 0.15) is 0 Å². The van der Waals surface area contributed by atoms with Gasteiger partial charge >= 0.3 is 0 Å². The lowest BCUT2D eigenvalue weighted by Crippen LogP contribution is -2.47. The lowest BCUT2D eigenvalue weighted by Gasteiger charge is -2.19. The maximum absolute atomic E-state index is 12.2. The molecule has 6 nitrogen and oxygen atoms in total. The first-order valence-corrected chi connectivity index (χ1v) is 10.5. The Morgan fingerprint density at radius 2 is 1.89 bits per heavy atom. The molecule has 0 radical (unpaired) electrons. The molecule has 154 valence electrons. The Balaban J connectivity index is 0.00000119. The third kappa shape index (κ3) is 15.2. The monoisotopic (exact) mass is 398 g/mol.